The van der Waals surface area contributed by atoms with E-state index in [1.54, 1.807) is 12.1 Å². The maximum atomic E-state index is 10.8. The predicted octanol–water partition coefficient (Wildman–Crippen LogP) is 2.75. The predicted molar refractivity (Wildman–Crippen MR) is 48.2 cm³/mol. The first-order chi connectivity index (χ1) is 5.22. The molecule has 0 aliphatic carbocycles. The monoisotopic (exact) mass is 189 g/mol. The van der Waals surface area contributed by atoms with Crippen LogP contribution in [-0.4, -0.2) is 5.91 Å². The van der Waals surface area contributed by atoms with Gasteiger partial charge in [-0.15, -0.1) is 11.3 Å². The minimum atomic E-state index is 0.0171. The van der Waals surface area contributed by atoms with E-state index < -0.39 is 0 Å². The van der Waals surface area contributed by atoms with Crippen LogP contribution in [0.4, 0.5) is 5.00 Å². The standard InChI is InChI=1S/C7H8ClNOS/c1-2-6(10)9-7-4-3-5(8)11-7/h3-4H,2H2,1H3,(H,9,10). The lowest BCUT2D eigenvalue weighted by Crippen LogP contribution is -2.07. The molecular weight excluding hydrogens is 182 g/mol. The molecule has 0 fully saturated rings. The molecule has 0 aliphatic rings. The van der Waals surface area contributed by atoms with Crippen LogP contribution in [0, 0.1) is 0 Å². The second kappa shape index (κ2) is 3.74. The molecule has 0 aliphatic heterocycles. The Labute approximate surface area is 74.2 Å². The van der Waals surface area contributed by atoms with Crippen molar-refractivity contribution in [2.45, 2.75) is 13.3 Å². The van der Waals surface area contributed by atoms with E-state index in [0.29, 0.717) is 10.8 Å². The van der Waals surface area contributed by atoms with Gasteiger partial charge in [0.05, 0.1) is 9.34 Å². The van der Waals surface area contributed by atoms with Gasteiger partial charge in [-0.25, -0.2) is 0 Å². The van der Waals surface area contributed by atoms with Crippen LogP contribution in [0.25, 0.3) is 0 Å². The molecule has 2 nitrogen and oxygen atoms in total. The first kappa shape index (κ1) is 8.56. The zero-order chi connectivity index (χ0) is 8.27. The van der Waals surface area contributed by atoms with E-state index in [1.807, 2.05) is 6.92 Å². The number of amides is 1. The van der Waals surface area contributed by atoms with Crippen LogP contribution in [0.2, 0.25) is 4.34 Å². The van der Waals surface area contributed by atoms with Gasteiger partial charge in [-0.05, 0) is 12.1 Å². The summed E-state index contributed by atoms with van der Waals surface area (Å²) in [5, 5.41) is 3.51. The van der Waals surface area contributed by atoms with Crippen molar-refractivity contribution in [3.8, 4) is 0 Å². The lowest BCUT2D eigenvalue weighted by Gasteiger charge is -1.96. The maximum Gasteiger partial charge on any atom is 0.224 e. The van der Waals surface area contributed by atoms with Gasteiger partial charge < -0.3 is 5.32 Å². The second-order valence-electron chi connectivity index (χ2n) is 2.01. The van der Waals surface area contributed by atoms with Crippen LogP contribution in [0.15, 0.2) is 12.1 Å². The molecule has 0 radical (unpaired) electrons. The van der Waals surface area contributed by atoms with E-state index in [-0.39, 0.29) is 5.91 Å². The van der Waals surface area contributed by atoms with Gasteiger partial charge in [0.15, 0.2) is 0 Å². The number of halogens is 1. The van der Waals surface area contributed by atoms with Gasteiger partial charge in [-0.2, -0.15) is 0 Å². The van der Waals surface area contributed by atoms with Crippen LogP contribution < -0.4 is 5.32 Å². The highest BCUT2D eigenvalue weighted by atomic mass is 35.5. The Hall–Kier alpha value is -0.540. The van der Waals surface area contributed by atoms with E-state index in [9.17, 15) is 4.79 Å². The van der Waals surface area contributed by atoms with Crippen molar-refractivity contribution >= 4 is 33.8 Å². The normalized spacial score (nSPS) is 9.64. The SMILES string of the molecule is CCC(=O)Nc1ccc(Cl)s1. The van der Waals surface area contributed by atoms with E-state index >= 15 is 0 Å². The molecule has 1 rings (SSSR count). The zero-order valence-electron chi connectivity index (χ0n) is 6.06. The lowest BCUT2D eigenvalue weighted by atomic mass is 10.4. The quantitative estimate of drug-likeness (QED) is 0.762. The molecule has 60 valence electrons. The summed E-state index contributed by atoms with van der Waals surface area (Å²) in [6.45, 7) is 1.81. The van der Waals surface area contributed by atoms with Gasteiger partial charge in [0.1, 0.15) is 0 Å². The highest BCUT2D eigenvalue weighted by molar-refractivity contribution is 7.20. The smallest absolute Gasteiger partial charge is 0.224 e. The van der Waals surface area contributed by atoms with Crippen LogP contribution in [0.3, 0.4) is 0 Å². The van der Waals surface area contributed by atoms with Crippen LogP contribution in [-0.2, 0) is 4.79 Å². The fourth-order valence-corrected chi connectivity index (χ4v) is 1.57. The zero-order valence-corrected chi connectivity index (χ0v) is 7.63. The summed E-state index contributed by atoms with van der Waals surface area (Å²) >= 11 is 7.02. The Morgan fingerprint density at radius 1 is 1.73 bits per heavy atom. The third kappa shape index (κ3) is 2.52. The molecule has 0 saturated carbocycles. The number of rotatable bonds is 2. The minimum Gasteiger partial charge on any atom is -0.318 e. The molecule has 1 amide bonds. The second-order valence-corrected chi connectivity index (χ2v) is 3.72. The Bertz CT molecular complexity index is 259. The summed E-state index contributed by atoms with van der Waals surface area (Å²) in [6.07, 6.45) is 0.496. The summed E-state index contributed by atoms with van der Waals surface area (Å²) in [5.74, 6) is 0.0171. The summed E-state index contributed by atoms with van der Waals surface area (Å²) in [6, 6.07) is 3.55. The minimum absolute atomic E-state index is 0.0171. The molecule has 0 aromatic carbocycles. The maximum absolute atomic E-state index is 10.8. The molecule has 1 heterocycles. The molecule has 1 aromatic heterocycles. The van der Waals surface area contributed by atoms with E-state index in [1.165, 1.54) is 11.3 Å². The third-order valence-corrected chi connectivity index (χ3v) is 2.30. The molecule has 11 heavy (non-hydrogen) atoms. The number of thiophene rings is 1. The fraction of sp³-hybridized carbons (Fsp3) is 0.286. The number of anilines is 1. The van der Waals surface area contributed by atoms with E-state index in [4.69, 9.17) is 11.6 Å². The van der Waals surface area contributed by atoms with Crippen molar-refractivity contribution in [1.82, 2.24) is 0 Å². The Kier molecular flexibility index (Phi) is 2.91. The topological polar surface area (TPSA) is 29.1 Å². The van der Waals surface area contributed by atoms with Gasteiger partial charge in [0.25, 0.3) is 0 Å². The molecule has 0 spiro atoms. The number of nitrogens with one attached hydrogen (secondary N) is 1. The van der Waals surface area contributed by atoms with Crippen LogP contribution >= 0.6 is 22.9 Å². The summed E-state index contributed by atoms with van der Waals surface area (Å²) < 4.78 is 0.691. The molecule has 0 saturated heterocycles. The average molecular weight is 190 g/mol. The summed E-state index contributed by atoms with van der Waals surface area (Å²) in [5.41, 5.74) is 0. The molecule has 0 unspecified atom stereocenters. The van der Waals surface area contributed by atoms with Crippen molar-refractivity contribution in [2.75, 3.05) is 5.32 Å². The molecule has 4 heteroatoms. The molecule has 1 aromatic rings. The molecule has 1 N–H and O–H groups in total. The van der Waals surface area contributed by atoms with Crippen molar-refractivity contribution in [1.29, 1.82) is 0 Å². The Morgan fingerprint density at radius 2 is 2.45 bits per heavy atom. The van der Waals surface area contributed by atoms with Crippen molar-refractivity contribution < 1.29 is 4.79 Å². The van der Waals surface area contributed by atoms with Gasteiger partial charge in [0.2, 0.25) is 5.91 Å². The van der Waals surface area contributed by atoms with Crippen LogP contribution in [0.1, 0.15) is 13.3 Å². The number of carbonyl (C=O) groups excluding carboxylic acids is 1. The van der Waals surface area contributed by atoms with E-state index in [0.717, 1.165) is 5.00 Å². The summed E-state index contributed by atoms with van der Waals surface area (Å²) in [7, 11) is 0. The van der Waals surface area contributed by atoms with E-state index in [2.05, 4.69) is 5.32 Å². The van der Waals surface area contributed by atoms with Gasteiger partial charge in [0, 0.05) is 6.42 Å². The lowest BCUT2D eigenvalue weighted by molar-refractivity contribution is -0.115. The first-order valence-electron chi connectivity index (χ1n) is 3.27. The van der Waals surface area contributed by atoms with Crippen molar-refractivity contribution in [3.05, 3.63) is 16.5 Å². The molecule has 0 bridgehead atoms. The third-order valence-electron chi connectivity index (χ3n) is 1.16. The highest BCUT2D eigenvalue weighted by Crippen LogP contribution is 2.25. The fourth-order valence-electron chi connectivity index (χ4n) is 0.607. The first-order valence-corrected chi connectivity index (χ1v) is 4.47. The Morgan fingerprint density at radius 3 is 2.91 bits per heavy atom. The van der Waals surface area contributed by atoms with Gasteiger partial charge >= 0.3 is 0 Å². The number of hydrogen-bond acceptors (Lipinski definition) is 2. The number of carbonyl (C=O) groups is 1. The van der Waals surface area contributed by atoms with Crippen molar-refractivity contribution in [3.63, 3.8) is 0 Å². The average Bonchev–Trinajstić information content (AvgIpc) is 2.35. The summed E-state index contributed by atoms with van der Waals surface area (Å²) in [4.78, 5) is 10.8. The van der Waals surface area contributed by atoms with Crippen LogP contribution in [0.5, 0.6) is 0 Å². The Balaban J connectivity index is 2.57. The van der Waals surface area contributed by atoms with Crippen molar-refractivity contribution in [2.24, 2.45) is 0 Å². The molecule has 0 atom stereocenters. The largest absolute Gasteiger partial charge is 0.318 e. The van der Waals surface area contributed by atoms with Gasteiger partial charge in [-0.3, -0.25) is 4.79 Å². The van der Waals surface area contributed by atoms with Gasteiger partial charge in [-0.1, -0.05) is 18.5 Å². The number of hydrogen-bond donors (Lipinski definition) is 1. The highest BCUT2D eigenvalue weighted by Gasteiger charge is 2.00. The molecular formula is C7H8ClNOS.